The molecule has 1 heterocycles. The van der Waals surface area contributed by atoms with Crippen molar-refractivity contribution in [2.24, 2.45) is 7.05 Å². The van der Waals surface area contributed by atoms with Gasteiger partial charge in [0.05, 0.1) is 0 Å². The monoisotopic (exact) mass is 230 g/mol. The summed E-state index contributed by atoms with van der Waals surface area (Å²) in [4.78, 5) is 0. The van der Waals surface area contributed by atoms with Crippen LogP contribution in [0.15, 0.2) is 42.7 Å². The van der Waals surface area contributed by atoms with E-state index in [4.69, 9.17) is 0 Å². The maximum absolute atomic E-state index is 9.42. The highest BCUT2D eigenvalue weighted by molar-refractivity contribution is 5.29. The third-order valence-corrected chi connectivity index (χ3v) is 2.88. The molecule has 0 spiro atoms. The van der Waals surface area contributed by atoms with Crippen molar-refractivity contribution in [3.05, 3.63) is 53.9 Å². The van der Waals surface area contributed by atoms with Crippen LogP contribution in [0.25, 0.3) is 0 Å². The third kappa shape index (κ3) is 3.11. The van der Waals surface area contributed by atoms with Crippen LogP contribution in [0, 0.1) is 0 Å². The van der Waals surface area contributed by atoms with Crippen molar-refractivity contribution in [3.63, 3.8) is 0 Å². The molecule has 0 radical (unpaired) electrons. The fourth-order valence-corrected chi connectivity index (χ4v) is 1.85. The number of nitrogens with zero attached hydrogens (tertiary/aromatic N) is 1. The lowest BCUT2D eigenvalue weighted by molar-refractivity contribution is 0.472. The van der Waals surface area contributed by atoms with Crippen LogP contribution >= 0.6 is 0 Å². The van der Waals surface area contributed by atoms with E-state index < -0.39 is 0 Å². The average Bonchev–Trinajstić information content (AvgIpc) is 2.72. The van der Waals surface area contributed by atoms with Crippen molar-refractivity contribution in [2.45, 2.75) is 19.5 Å². The van der Waals surface area contributed by atoms with Gasteiger partial charge in [-0.3, -0.25) is 0 Å². The van der Waals surface area contributed by atoms with Crippen molar-refractivity contribution < 1.29 is 5.11 Å². The Kier molecular flexibility index (Phi) is 3.49. The van der Waals surface area contributed by atoms with Gasteiger partial charge in [-0.05, 0) is 36.2 Å². The fraction of sp³-hybridized carbons (Fsp3) is 0.286. The molecule has 1 aromatic heterocycles. The molecule has 0 saturated carbocycles. The van der Waals surface area contributed by atoms with E-state index in [9.17, 15) is 5.11 Å². The van der Waals surface area contributed by atoms with E-state index in [0.29, 0.717) is 5.75 Å². The fourth-order valence-electron chi connectivity index (χ4n) is 1.85. The van der Waals surface area contributed by atoms with Crippen molar-refractivity contribution >= 4 is 0 Å². The number of aromatic nitrogens is 1. The first kappa shape index (κ1) is 11.7. The molecule has 0 bridgehead atoms. The molecule has 0 fully saturated rings. The van der Waals surface area contributed by atoms with Gasteiger partial charge in [-0.1, -0.05) is 12.1 Å². The highest BCUT2D eigenvalue weighted by atomic mass is 16.3. The van der Waals surface area contributed by atoms with E-state index in [0.717, 1.165) is 12.1 Å². The van der Waals surface area contributed by atoms with Crippen molar-refractivity contribution in [2.75, 3.05) is 0 Å². The van der Waals surface area contributed by atoms with Gasteiger partial charge in [-0.2, -0.15) is 0 Å². The number of hydrogen-bond acceptors (Lipinski definition) is 2. The summed E-state index contributed by atoms with van der Waals surface area (Å²) in [6.45, 7) is 2.93. The summed E-state index contributed by atoms with van der Waals surface area (Å²) in [6, 6.07) is 9.69. The highest BCUT2D eigenvalue weighted by Crippen LogP contribution is 2.18. The maximum Gasteiger partial charge on any atom is 0.115 e. The number of aromatic hydroxyl groups is 1. The van der Waals surface area contributed by atoms with Crippen molar-refractivity contribution in [1.29, 1.82) is 0 Å². The Hall–Kier alpha value is -1.74. The zero-order valence-corrected chi connectivity index (χ0v) is 10.2. The maximum atomic E-state index is 9.42. The van der Waals surface area contributed by atoms with Crippen LogP contribution in [0.1, 0.15) is 24.1 Å². The van der Waals surface area contributed by atoms with Crippen LogP contribution in [0.5, 0.6) is 5.75 Å². The summed E-state index contributed by atoms with van der Waals surface area (Å²) in [5.41, 5.74) is 2.36. The molecule has 1 atom stereocenters. The minimum Gasteiger partial charge on any atom is -0.508 e. The average molecular weight is 230 g/mol. The first-order chi connectivity index (χ1) is 8.15. The van der Waals surface area contributed by atoms with Gasteiger partial charge >= 0.3 is 0 Å². The van der Waals surface area contributed by atoms with Crippen LogP contribution < -0.4 is 5.32 Å². The lowest BCUT2D eigenvalue weighted by atomic mass is 10.1. The summed E-state index contributed by atoms with van der Waals surface area (Å²) >= 11 is 0. The molecule has 17 heavy (non-hydrogen) atoms. The van der Waals surface area contributed by atoms with Crippen molar-refractivity contribution in [1.82, 2.24) is 9.88 Å². The van der Waals surface area contributed by atoms with Crippen LogP contribution in [-0.2, 0) is 13.6 Å². The zero-order chi connectivity index (χ0) is 12.3. The van der Waals surface area contributed by atoms with Crippen LogP contribution in [0.2, 0.25) is 0 Å². The van der Waals surface area contributed by atoms with E-state index in [1.807, 2.05) is 29.9 Å². The molecule has 3 nitrogen and oxygen atoms in total. The van der Waals surface area contributed by atoms with Crippen molar-refractivity contribution in [3.8, 4) is 5.75 Å². The van der Waals surface area contributed by atoms with Gasteiger partial charge in [0, 0.05) is 32.0 Å². The summed E-state index contributed by atoms with van der Waals surface area (Å²) in [6.07, 6.45) is 4.14. The number of phenolic OH excluding ortho intramolecular Hbond substituents is 1. The first-order valence-corrected chi connectivity index (χ1v) is 5.78. The Morgan fingerprint density at radius 1 is 1.35 bits per heavy atom. The molecule has 0 aliphatic rings. The molecule has 90 valence electrons. The number of hydrogen-bond donors (Lipinski definition) is 2. The molecule has 0 aliphatic heterocycles. The summed E-state index contributed by atoms with van der Waals surface area (Å²) in [5.74, 6) is 0.316. The van der Waals surface area contributed by atoms with Crippen LogP contribution in [-0.4, -0.2) is 9.67 Å². The van der Waals surface area contributed by atoms with E-state index in [-0.39, 0.29) is 6.04 Å². The summed E-state index contributed by atoms with van der Waals surface area (Å²) < 4.78 is 2.04. The Morgan fingerprint density at radius 2 is 2.18 bits per heavy atom. The standard InChI is InChI=1S/C14H18N2O/c1-11(13-4-3-5-14(17)8-13)15-9-12-6-7-16(2)10-12/h3-8,10-11,15,17H,9H2,1-2H3. The Labute approximate surface area is 102 Å². The molecule has 0 amide bonds. The number of phenols is 1. The molecule has 1 unspecified atom stereocenters. The van der Waals surface area contributed by atoms with Gasteiger partial charge in [-0.15, -0.1) is 0 Å². The molecule has 0 aliphatic carbocycles. The van der Waals surface area contributed by atoms with Crippen LogP contribution in [0.3, 0.4) is 0 Å². The lowest BCUT2D eigenvalue weighted by Crippen LogP contribution is -2.17. The Balaban J connectivity index is 1.95. The number of benzene rings is 1. The Bertz CT molecular complexity index is 490. The molecule has 1 aromatic carbocycles. The van der Waals surface area contributed by atoms with E-state index >= 15 is 0 Å². The molecule has 2 aromatic rings. The molecule has 2 N–H and O–H groups in total. The second-order valence-electron chi connectivity index (χ2n) is 4.38. The summed E-state index contributed by atoms with van der Waals surface area (Å²) in [5, 5.41) is 12.9. The topological polar surface area (TPSA) is 37.2 Å². The highest BCUT2D eigenvalue weighted by Gasteiger charge is 2.05. The number of nitrogens with one attached hydrogen (secondary N) is 1. The minimum absolute atomic E-state index is 0.224. The largest absolute Gasteiger partial charge is 0.508 e. The molecular formula is C14H18N2O. The Morgan fingerprint density at radius 3 is 2.82 bits per heavy atom. The van der Waals surface area contributed by atoms with E-state index in [2.05, 4.69) is 24.5 Å². The lowest BCUT2D eigenvalue weighted by Gasteiger charge is -2.13. The van der Waals surface area contributed by atoms with Gasteiger partial charge in [-0.25, -0.2) is 0 Å². The second kappa shape index (κ2) is 5.06. The van der Waals surface area contributed by atoms with Crippen LogP contribution in [0.4, 0.5) is 0 Å². The SMILES string of the molecule is CC(NCc1ccn(C)c1)c1cccc(O)c1. The predicted octanol–water partition coefficient (Wildman–Crippen LogP) is 2.58. The normalized spacial score (nSPS) is 12.6. The minimum atomic E-state index is 0.224. The van der Waals surface area contributed by atoms with Gasteiger partial charge in [0.2, 0.25) is 0 Å². The predicted molar refractivity (Wildman–Crippen MR) is 68.8 cm³/mol. The zero-order valence-electron chi connectivity index (χ0n) is 10.2. The molecule has 3 heteroatoms. The number of rotatable bonds is 4. The van der Waals surface area contributed by atoms with E-state index in [1.165, 1.54) is 5.56 Å². The van der Waals surface area contributed by atoms with Gasteiger partial charge in [0.1, 0.15) is 5.75 Å². The smallest absolute Gasteiger partial charge is 0.115 e. The quantitative estimate of drug-likeness (QED) is 0.847. The molecule has 2 rings (SSSR count). The second-order valence-corrected chi connectivity index (χ2v) is 4.38. The van der Waals surface area contributed by atoms with Gasteiger partial charge < -0.3 is 15.0 Å². The molecule has 0 saturated heterocycles. The number of aryl methyl sites for hydroxylation is 1. The first-order valence-electron chi connectivity index (χ1n) is 5.78. The van der Waals surface area contributed by atoms with Gasteiger partial charge in [0.15, 0.2) is 0 Å². The molecular weight excluding hydrogens is 212 g/mol. The van der Waals surface area contributed by atoms with Gasteiger partial charge in [0.25, 0.3) is 0 Å². The third-order valence-electron chi connectivity index (χ3n) is 2.88. The van der Waals surface area contributed by atoms with E-state index in [1.54, 1.807) is 12.1 Å². The summed E-state index contributed by atoms with van der Waals surface area (Å²) in [7, 11) is 2.02.